The van der Waals surface area contributed by atoms with Crippen molar-refractivity contribution in [2.75, 3.05) is 19.6 Å². The van der Waals surface area contributed by atoms with Gasteiger partial charge in [0.25, 0.3) is 0 Å². The summed E-state index contributed by atoms with van der Waals surface area (Å²) >= 11 is 0. The van der Waals surface area contributed by atoms with Crippen LogP contribution in [0.2, 0.25) is 0 Å². The maximum Gasteiger partial charge on any atom is 0.313 e. The van der Waals surface area contributed by atoms with Gasteiger partial charge in [-0.25, -0.2) is 4.68 Å². The Hall–Kier alpha value is -2.67. The number of fused-ring (bicyclic) bond motifs is 1. The van der Waals surface area contributed by atoms with Crippen LogP contribution in [-0.4, -0.2) is 51.3 Å². The van der Waals surface area contributed by atoms with Gasteiger partial charge in [-0.2, -0.15) is 5.10 Å². The molecule has 3 heterocycles. The van der Waals surface area contributed by atoms with Gasteiger partial charge in [0, 0.05) is 37.9 Å². The van der Waals surface area contributed by atoms with Crippen LogP contribution in [0.1, 0.15) is 5.56 Å². The first kappa shape index (κ1) is 14.9. The van der Waals surface area contributed by atoms with E-state index in [1.807, 2.05) is 41.4 Å². The van der Waals surface area contributed by atoms with E-state index >= 15 is 0 Å². The Bertz CT molecular complexity index is 788. The summed E-state index contributed by atoms with van der Waals surface area (Å²) in [5.41, 5.74) is 0.982. The number of carbonyl (C=O) groups is 2. The normalized spacial score (nSPS) is 26.3. The Morgan fingerprint density at radius 1 is 1.38 bits per heavy atom. The van der Waals surface area contributed by atoms with Crippen LogP contribution < -0.4 is 5.32 Å². The van der Waals surface area contributed by atoms with Crippen molar-refractivity contribution >= 4 is 11.9 Å². The SMILES string of the molecule is O=C1NC[C@@]2(C(=O)O)CN(Cc3cnn(-c4ccccc4)c3)C[C@@H]12. The van der Waals surface area contributed by atoms with Crippen LogP contribution in [-0.2, 0) is 16.1 Å². The first-order chi connectivity index (χ1) is 11.6. The molecule has 124 valence electrons. The van der Waals surface area contributed by atoms with E-state index in [-0.39, 0.29) is 12.5 Å². The van der Waals surface area contributed by atoms with E-state index < -0.39 is 17.3 Å². The number of aromatic nitrogens is 2. The summed E-state index contributed by atoms with van der Waals surface area (Å²) in [5.74, 6) is -1.52. The van der Waals surface area contributed by atoms with Gasteiger partial charge in [0.2, 0.25) is 5.91 Å². The molecule has 0 spiro atoms. The van der Waals surface area contributed by atoms with E-state index in [4.69, 9.17) is 0 Å². The second-order valence-electron chi connectivity index (χ2n) is 6.53. The zero-order valence-corrected chi connectivity index (χ0v) is 13.1. The van der Waals surface area contributed by atoms with Gasteiger partial charge in [0.15, 0.2) is 0 Å². The van der Waals surface area contributed by atoms with Crippen LogP contribution >= 0.6 is 0 Å². The number of aliphatic carboxylic acids is 1. The lowest BCUT2D eigenvalue weighted by molar-refractivity contribution is -0.149. The number of rotatable bonds is 4. The van der Waals surface area contributed by atoms with Crippen molar-refractivity contribution in [1.82, 2.24) is 20.0 Å². The van der Waals surface area contributed by atoms with Gasteiger partial charge in [-0.05, 0) is 12.1 Å². The molecule has 2 aliphatic heterocycles. The fourth-order valence-corrected chi connectivity index (χ4v) is 3.72. The van der Waals surface area contributed by atoms with Gasteiger partial charge in [-0.15, -0.1) is 0 Å². The fraction of sp³-hybridized carbons (Fsp3) is 0.353. The molecule has 0 aliphatic carbocycles. The van der Waals surface area contributed by atoms with Crippen LogP contribution in [0.3, 0.4) is 0 Å². The van der Waals surface area contributed by atoms with E-state index in [0.717, 1.165) is 11.3 Å². The van der Waals surface area contributed by atoms with Gasteiger partial charge in [-0.1, -0.05) is 18.2 Å². The molecule has 0 saturated carbocycles. The van der Waals surface area contributed by atoms with E-state index in [1.165, 1.54) is 0 Å². The minimum atomic E-state index is -0.994. The Morgan fingerprint density at radius 3 is 2.88 bits per heavy atom. The quantitative estimate of drug-likeness (QED) is 0.854. The number of nitrogens with zero attached hydrogens (tertiary/aromatic N) is 3. The molecule has 2 fully saturated rings. The van der Waals surface area contributed by atoms with Crippen LogP contribution in [0.15, 0.2) is 42.7 Å². The number of carboxylic acids is 1. The molecule has 2 aromatic rings. The molecule has 2 saturated heterocycles. The highest BCUT2D eigenvalue weighted by Gasteiger charge is 2.59. The number of hydrogen-bond donors (Lipinski definition) is 2. The van der Waals surface area contributed by atoms with Crippen molar-refractivity contribution in [3.8, 4) is 5.69 Å². The van der Waals surface area contributed by atoms with Gasteiger partial charge in [0.05, 0.1) is 17.8 Å². The molecule has 7 nitrogen and oxygen atoms in total. The van der Waals surface area contributed by atoms with Crippen LogP contribution in [0, 0.1) is 11.3 Å². The number of carboxylic acid groups (broad SMARTS) is 1. The van der Waals surface area contributed by atoms with E-state index in [1.54, 1.807) is 10.9 Å². The molecule has 0 radical (unpaired) electrons. The molecule has 1 amide bonds. The van der Waals surface area contributed by atoms with Gasteiger partial charge in [0.1, 0.15) is 5.41 Å². The minimum absolute atomic E-state index is 0.153. The maximum atomic E-state index is 11.9. The summed E-state index contributed by atoms with van der Waals surface area (Å²) in [6.45, 7) is 1.65. The van der Waals surface area contributed by atoms with Crippen molar-refractivity contribution in [2.24, 2.45) is 11.3 Å². The molecule has 24 heavy (non-hydrogen) atoms. The number of amides is 1. The Labute approximate surface area is 138 Å². The monoisotopic (exact) mass is 326 g/mol. The van der Waals surface area contributed by atoms with Crippen LogP contribution in [0.5, 0.6) is 0 Å². The van der Waals surface area contributed by atoms with Crippen LogP contribution in [0.25, 0.3) is 5.69 Å². The largest absolute Gasteiger partial charge is 0.481 e. The van der Waals surface area contributed by atoms with Crippen molar-refractivity contribution in [3.05, 3.63) is 48.3 Å². The molecule has 7 heteroatoms. The fourth-order valence-electron chi connectivity index (χ4n) is 3.72. The second kappa shape index (κ2) is 5.45. The highest BCUT2D eigenvalue weighted by molar-refractivity contribution is 5.92. The highest BCUT2D eigenvalue weighted by Crippen LogP contribution is 2.40. The Morgan fingerprint density at radius 2 is 2.17 bits per heavy atom. The molecule has 4 rings (SSSR count). The molecular formula is C17H18N4O3. The standard InChI is InChI=1S/C17H18N4O3/c22-15-14-9-20(11-17(14,10-18-15)16(23)24)7-12-6-19-21(8-12)13-4-2-1-3-5-13/h1-6,8,14H,7,9-11H2,(H,18,22)(H,23,24)/t14-,17+/m0/s1. The first-order valence-electron chi connectivity index (χ1n) is 7.91. The predicted molar refractivity (Wildman–Crippen MR) is 85.4 cm³/mol. The summed E-state index contributed by atoms with van der Waals surface area (Å²) < 4.78 is 1.80. The number of para-hydroxylation sites is 1. The number of hydrogen-bond acceptors (Lipinski definition) is 4. The molecule has 0 unspecified atom stereocenters. The lowest BCUT2D eigenvalue weighted by Crippen LogP contribution is -2.40. The Kier molecular flexibility index (Phi) is 3.38. The smallest absolute Gasteiger partial charge is 0.313 e. The number of carbonyl (C=O) groups excluding carboxylic acids is 1. The van der Waals surface area contributed by atoms with E-state index in [9.17, 15) is 14.7 Å². The first-order valence-corrected chi connectivity index (χ1v) is 7.91. The lowest BCUT2D eigenvalue weighted by atomic mass is 9.81. The molecule has 2 atom stereocenters. The number of benzene rings is 1. The average molecular weight is 326 g/mol. The Balaban J connectivity index is 1.50. The average Bonchev–Trinajstić information content (AvgIpc) is 3.26. The topological polar surface area (TPSA) is 87.5 Å². The van der Waals surface area contributed by atoms with Gasteiger partial charge in [-0.3, -0.25) is 14.5 Å². The van der Waals surface area contributed by atoms with Crippen molar-refractivity contribution in [3.63, 3.8) is 0 Å². The van der Waals surface area contributed by atoms with Crippen molar-refractivity contribution in [2.45, 2.75) is 6.54 Å². The predicted octanol–water partition coefficient (Wildman–Crippen LogP) is 0.505. The summed E-state index contributed by atoms with van der Waals surface area (Å²) in [7, 11) is 0. The minimum Gasteiger partial charge on any atom is -0.481 e. The maximum absolute atomic E-state index is 11.9. The third-order valence-corrected chi connectivity index (χ3v) is 5.00. The summed E-state index contributed by atoms with van der Waals surface area (Å²) in [6, 6.07) is 9.80. The van der Waals surface area contributed by atoms with Crippen molar-refractivity contribution < 1.29 is 14.7 Å². The lowest BCUT2D eigenvalue weighted by Gasteiger charge is -2.21. The third kappa shape index (κ3) is 2.28. The van der Waals surface area contributed by atoms with Crippen molar-refractivity contribution in [1.29, 1.82) is 0 Å². The summed E-state index contributed by atoms with van der Waals surface area (Å²) in [4.78, 5) is 25.7. The zero-order chi connectivity index (χ0) is 16.7. The third-order valence-electron chi connectivity index (χ3n) is 5.00. The van der Waals surface area contributed by atoms with Crippen LogP contribution in [0.4, 0.5) is 0 Å². The molecular weight excluding hydrogens is 308 g/mol. The molecule has 2 N–H and O–H groups in total. The summed E-state index contributed by atoms with van der Waals surface area (Å²) in [5, 5.41) is 16.6. The number of likely N-dealkylation sites (tertiary alicyclic amines) is 1. The van der Waals surface area contributed by atoms with Gasteiger partial charge < -0.3 is 10.4 Å². The molecule has 2 aliphatic rings. The second-order valence-corrected chi connectivity index (χ2v) is 6.53. The van der Waals surface area contributed by atoms with E-state index in [0.29, 0.717) is 19.6 Å². The summed E-state index contributed by atoms with van der Waals surface area (Å²) in [6.07, 6.45) is 3.73. The molecule has 0 bridgehead atoms. The highest BCUT2D eigenvalue weighted by atomic mass is 16.4. The zero-order valence-electron chi connectivity index (χ0n) is 13.1. The molecule has 1 aromatic heterocycles. The van der Waals surface area contributed by atoms with Gasteiger partial charge >= 0.3 is 5.97 Å². The molecule has 1 aromatic carbocycles. The van der Waals surface area contributed by atoms with E-state index in [2.05, 4.69) is 10.4 Å². The number of nitrogens with one attached hydrogen (secondary N) is 1.